The first-order valence-electron chi connectivity index (χ1n) is 25.4. The molecule has 6 heterocycles. The van der Waals surface area contributed by atoms with Gasteiger partial charge in [-0.15, -0.1) is 0 Å². The van der Waals surface area contributed by atoms with Crippen LogP contribution in [0.15, 0.2) is 97.1 Å². The minimum Gasteiger partial charge on any atom is -0.548 e. The van der Waals surface area contributed by atoms with Gasteiger partial charge in [0.05, 0.1) is 31.3 Å². The van der Waals surface area contributed by atoms with Gasteiger partial charge in [-0.25, -0.2) is 0 Å². The van der Waals surface area contributed by atoms with Gasteiger partial charge in [0.15, 0.2) is 17.2 Å². The number of aliphatic carboxylic acids is 1. The lowest BCUT2D eigenvalue weighted by atomic mass is 9.77. The Morgan fingerprint density at radius 3 is 1.49 bits per heavy atom. The molecule has 6 aliphatic heterocycles. The maximum atomic E-state index is 13.5. The molecule has 0 spiro atoms. The van der Waals surface area contributed by atoms with Crippen LogP contribution in [-0.2, 0) is 29.9 Å². The second-order valence-corrected chi connectivity index (χ2v) is 23.4. The Kier molecular flexibility index (Phi) is 13.8. The van der Waals surface area contributed by atoms with Gasteiger partial charge in [-0.2, -0.15) is 0 Å². The first kappa shape index (κ1) is 49.8. The van der Waals surface area contributed by atoms with E-state index in [1.54, 1.807) is 28.5 Å². The molecule has 15 heteroatoms. The fourth-order valence-electron chi connectivity index (χ4n) is 12.1. The molecule has 0 bridgehead atoms. The molecule has 378 valence electrons. The molecule has 4 fully saturated rings. The minimum atomic E-state index is -1.03. The highest BCUT2D eigenvalue weighted by Crippen LogP contribution is 2.57. The van der Waals surface area contributed by atoms with Crippen LogP contribution in [0.2, 0.25) is 0 Å². The van der Waals surface area contributed by atoms with E-state index in [1.807, 2.05) is 59.5 Å². The molecule has 0 saturated carbocycles. The number of anilines is 4. The quantitative estimate of drug-likeness (QED) is 0.0793. The number of rotatable bonds is 17. The number of fused-ring (bicyclic) bond motifs is 6. The number of benzene rings is 4. The zero-order valence-corrected chi connectivity index (χ0v) is 43.5. The predicted octanol–water partition coefficient (Wildman–Crippen LogP) is 7.58. The van der Waals surface area contributed by atoms with Gasteiger partial charge in [0, 0.05) is 95.5 Å². The molecule has 13 nitrogen and oxygen atoms in total. The van der Waals surface area contributed by atoms with Crippen LogP contribution in [-0.4, -0.2) is 111 Å². The van der Waals surface area contributed by atoms with Gasteiger partial charge in [0.1, 0.15) is 0 Å². The Morgan fingerprint density at radius 2 is 1.06 bits per heavy atom. The zero-order chi connectivity index (χ0) is 50.4. The van der Waals surface area contributed by atoms with Crippen molar-refractivity contribution in [2.75, 3.05) is 83.6 Å². The Balaban J connectivity index is 0.684. The van der Waals surface area contributed by atoms with Crippen LogP contribution in [0.4, 0.5) is 22.7 Å². The normalized spacial score (nSPS) is 24.5. The number of nitrogens with one attached hydrogen (secondary N) is 2. The van der Waals surface area contributed by atoms with Crippen LogP contribution in [0, 0.1) is 0 Å². The predicted molar refractivity (Wildman–Crippen MR) is 288 cm³/mol. The smallest absolute Gasteiger partial charge is 0.251 e. The van der Waals surface area contributed by atoms with E-state index >= 15 is 0 Å². The van der Waals surface area contributed by atoms with Crippen molar-refractivity contribution in [1.29, 1.82) is 0 Å². The lowest BCUT2D eigenvalue weighted by Crippen LogP contribution is -2.51. The van der Waals surface area contributed by atoms with E-state index in [0.29, 0.717) is 56.1 Å². The van der Waals surface area contributed by atoms with E-state index in [-0.39, 0.29) is 23.6 Å². The van der Waals surface area contributed by atoms with Crippen molar-refractivity contribution < 1.29 is 33.8 Å². The van der Waals surface area contributed by atoms with Gasteiger partial charge in [-0.05, 0) is 128 Å². The summed E-state index contributed by atoms with van der Waals surface area (Å²) in [5.74, 6) is 0.389. The van der Waals surface area contributed by atoms with Crippen molar-refractivity contribution in [1.82, 2.24) is 10.6 Å². The van der Waals surface area contributed by atoms with Crippen LogP contribution >= 0.6 is 21.6 Å². The molecule has 4 aromatic carbocycles. The van der Waals surface area contributed by atoms with Crippen molar-refractivity contribution in [3.8, 4) is 0 Å². The molecule has 4 saturated heterocycles. The average Bonchev–Trinajstić information content (AvgIpc) is 4.25. The highest BCUT2D eigenvalue weighted by molar-refractivity contribution is 8.76. The van der Waals surface area contributed by atoms with E-state index in [0.717, 1.165) is 89.7 Å². The van der Waals surface area contributed by atoms with E-state index < -0.39 is 34.3 Å². The van der Waals surface area contributed by atoms with Gasteiger partial charge in [0.25, 0.3) is 11.8 Å². The fraction of sp³-hybridized carbons (Fsp3) is 0.439. The minimum absolute atomic E-state index is 0.0405. The third kappa shape index (κ3) is 8.77. The molecule has 72 heavy (non-hydrogen) atoms. The number of carbonyl (C=O) groups is 4. The number of ketones is 1. The number of carbonyl (C=O) groups excluding carboxylic acids is 4. The third-order valence-corrected chi connectivity index (χ3v) is 18.4. The standard InChI is InChI=1S/C57H66N6O7S2/c1-38(64)47-8-6-28-60(47)43-16-10-39(11-17-43)22-24-56-54(2,3)45-36-41(14-20-48(45)62(56)30-32-69-56)51(65)58-26-34-71-72-35-27-59-52(66)42-15-21-49-46(37-42)55(4,5)57(63(49)31-33-70-57)25-23-40-12-18-44(19-13-40)61-29-7-9-50(61)53(67)68/h10-25,36-37,47,50H,6-9,26-35H2,1-5H3,(H,58,65)(H,59,66)(H,67,68)/p-1/b24-22+,25-23+. The first-order valence-corrected chi connectivity index (χ1v) is 27.9. The summed E-state index contributed by atoms with van der Waals surface area (Å²) in [7, 11) is 3.33. The number of ether oxygens (including phenoxy) is 2. The van der Waals surface area contributed by atoms with Crippen molar-refractivity contribution in [3.63, 3.8) is 0 Å². The monoisotopic (exact) mass is 1010 g/mol. The van der Waals surface area contributed by atoms with E-state index in [4.69, 9.17) is 9.47 Å². The maximum absolute atomic E-state index is 13.5. The van der Waals surface area contributed by atoms with Crippen molar-refractivity contribution in [2.24, 2.45) is 0 Å². The third-order valence-electron chi connectivity index (χ3n) is 16.0. The molecule has 4 unspecified atom stereocenters. The van der Waals surface area contributed by atoms with Gasteiger partial charge in [-0.1, -0.05) is 85.7 Å². The SMILES string of the molecule is CC(=O)C1CCCN1c1ccc(/C=C/C23OCCN2c2ccc(C(=O)NCCSSCCNC(=O)c4ccc5c(c4)C(C)(C)C4(/C=C/c6ccc(N7CCCC7C(=O)[O-])cc6)OCCN54)cc2C3(C)C)cc1. The molecule has 4 atom stereocenters. The van der Waals surface area contributed by atoms with Crippen molar-refractivity contribution >= 4 is 80.1 Å². The summed E-state index contributed by atoms with van der Waals surface area (Å²) in [6, 6.07) is 27.6. The topological polar surface area (TPSA) is 147 Å². The number of nitrogens with zero attached hydrogens (tertiary/aromatic N) is 4. The highest BCUT2D eigenvalue weighted by Gasteiger charge is 2.60. The summed E-state index contributed by atoms with van der Waals surface area (Å²) in [6.45, 7) is 15.7. The summed E-state index contributed by atoms with van der Waals surface area (Å²) in [5, 5.41) is 17.9. The summed E-state index contributed by atoms with van der Waals surface area (Å²) in [4.78, 5) is 59.6. The molecule has 0 aromatic heterocycles. The number of hydrogen-bond donors (Lipinski definition) is 2. The second kappa shape index (κ2) is 19.9. The number of hydrogen-bond acceptors (Lipinski definition) is 13. The van der Waals surface area contributed by atoms with Gasteiger partial charge >= 0.3 is 0 Å². The number of Topliss-reactive ketones (excluding diaryl/α,β-unsaturated/α-hetero) is 1. The van der Waals surface area contributed by atoms with E-state index in [9.17, 15) is 24.3 Å². The second-order valence-electron chi connectivity index (χ2n) is 20.7. The number of amides is 2. The van der Waals surface area contributed by atoms with E-state index in [2.05, 4.69) is 108 Å². The van der Waals surface area contributed by atoms with Crippen LogP contribution < -0.4 is 35.3 Å². The number of carboxylic acid groups (broad SMARTS) is 1. The molecule has 4 aromatic rings. The zero-order valence-electron chi connectivity index (χ0n) is 41.9. The Labute approximate surface area is 431 Å². The average molecular weight is 1010 g/mol. The molecule has 2 N–H and O–H groups in total. The molecule has 6 aliphatic rings. The molecule has 0 aliphatic carbocycles. The maximum Gasteiger partial charge on any atom is 0.251 e. The summed E-state index contributed by atoms with van der Waals surface area (Å²) in [5.41, 5.74) is 7.16. The molecule has 0 radical (unpaired) electrons. The fourth-order valence-corrected chi connectivity index (χ4v) is 14.0. The molecular formula is C57H65N6O7S2-. The van der Waals surface area contributed by atoms with E-state index in [1.165, 1.54) is 0 Å². The molecule has 2 amide bonds. The first-order chi connectivity index (χ1) is 34.6. The van der Waals surface area contributed by atoms with Gasteiger partial charge in [0.2, 0.25) is 0 Å². The summed E-state index contributed by atoms with van der Waals surface area (Å²) in [6.07, 6.45) is 11.8. The van der Waals surface area contributed by atoms with Crippen molar-refractivity contribution in [2.45, 2.75) is 94.7 Å². The Bertz CT molecular complexity index is 2610. The lowest BCUT2D eigenvalue weighted by Gasteiger charge is -2.39. The van der Waals surface area contributed by atoms with Gasteiger partial charge < -0.3 is 49.6 Å². The number of carboxylic acids is 1. The van der Waals surface area contributed by atoms with Crippen LogP contribution in [0.5, 0.6) is 0 Å². The van der Waals surface area contributed by atoms with Crippen LogP contribution in [0.3, 0.4) is 0 Å². The Morgan fingerprint density at radius 1 is 0.625 bits per heavy atom. The van der Waals surface area contributed by atoms with Crippen LogP contribution in [0.25, 0.3) is 12.2 Å². The lowest BCUT2D eigenvalue weighted by molar-refractivity contribution is -0.307. The largest absolute Gasteiger partial charge is 0.548 e. The van der Waals surface area contributed by atoms with Crippen molar-refractivity contribution in [3.05, 3.63) is 130 Å². The Hall–Kier alpha value is -5.74. The van der Waals surface area contributed by atoms with Gasteiger partial charge in [-0.3, -0.25) is 14.4 Å². The summed E-state index contributed by atoms with van der Waals surface area (Å²) < 4.78 is 13.2. The molecule has 10 rings (SSSR count). The van der Waals surface area contributed by atoms with Crippen LogP contribution in [0.1, 0.15) is 103 Å². The summed E-state index contributed by atoms with van der Waals surface area (Å²) >= 11 is 0. The molecular weight excluding hydrogens is 945 g/mol. The highest BCUT2D eigenvalue weighted by atomic mass is 33.1.